The van der Waals surface area contributed by atoms with Crippen LogP contribution in [0.4, 0.5) is 4.39 Å². The summed E-state index contributed by atoms with van der Waals surface area (Å²) in [5.74, 6) is 0.0858. The van der Waals surface area contributed by atoms with Crippen LogP contribution >= 0.6 is 11.6 Å². The fourth-order valence-corrected chi connectivity index (χ4v) is 2.13. The number of carbonyl (C=O) groups excluding carboxylic acids is 1. The van der Waals surface area contributed by atoms with E-state index in [1.54, 1.807) is 17.9 Å². The maximum atomic E-state index is 13.0. The topological polar surface area (TPSA) is 20.3 Å². The zero-order chi connectivity index (χ0) is 12.4. The van der Waals surface area contributed by atoms with Crippen LogP contribution in [-0.4, -0.2) is 29.3 Å². The van der Waals surface area contributed by atoms with Crippen molar-refractivity contribution in [2.75, 3.05) is 12.4 Å². The van der Waals surface area contributed by atoms with Crippen LogP contribution in [-0.2, 0) is 0 Å². The number of alkyl halides is 1. The normalized spacial score (nSPS) is 14.8. The van der Waals surface area contributed by atoms with E-state index in [4.69, 9.17) is 11.6 Å². The van der Waals surface area contributed by atoms with Gasteiger partial charge in [0.2, 0.25) is 0 Å². The Morgan fingerprint density at radius 1 is 1.53 bits per heavy atom. The minimum Gasteiger partial charge on any atom is -0.334 e. The highest BCUT2D eigenvalue weighted by Crippen LogP contribution is 2.28. The van der Waals surface area contributed by atoms with Crippen LogP contribution in [0.25, 0.3) is 0 Å². The second-order valence-electron chi connectivity index (χ2n) is 4.38. The second-order valence-corrected chi connectivity index (χ2v) is 4.76. The highest BCUT2D eigenvalue weighted by Gasteiger charge is 2.32. The second kappa shape index (κ2) is 5.05. The van der Waals surface area contributed by atoms with Crippen molar-refractivity contribution in [1.29, 1.82) is 0 Å². The van der Waals surface area contributed by atoms with Gasteiger partial charge in [-0.05, 0) is 43.5 Å². The van der Waals surface area contributed by atoms with Crippen molar-refractivity contribution in [3.63, 3.8) is 0 Å². The number of amides is 1. The molecule has 0 aliphatic heterocycles. The summed E-state index contributed by atoms with van der Waals surface area (Å²) in [6.45, 7) is 2.31. The van der Waals surface area contributed by atoms with Crippen LogP contribution in [0.2, 0.25) is 0 Å². The van der Waals surface area contributed by atoms with Gasteiger partial charge >= 0.3 is 0 Å². The molecule has 1 amide bonds. The van der Waals surface area contributed by atoms with Crippen molar-refractivity contribution in [1.82, 2.24) is 4.90 Å². The predicted molar refractivity (Wildman–Crippen MR) is 65.9 cm³/mol. The van der Waals surface area contributed by atoms with Crippen LogP contribution in [0.1, 0.15) is 28.8 Å². The zero-order valence-corrected chi connectivity index (χ0v) is 10.5. The molecular weight excluding hydrogens is 241 g/mol. The third kappa shape index (κ3) is 2.78. The molecule has 92 valence electrons. The largest absolute Gasteiger partial charge is 0.334 e. The molecule has 0 atom stereocenters. The lowest BCUT2D eigenvalue weighted by atomic mass is 10.1. The summed E-state index contributed by atoms with van der Waals surface area (Å²) in [6, 6.07) is 4.59. The number of benzene rings is 1. The molecule has 1 aliphatic rings. The molecule has 0 aromatic heterocycles. The number of rotatable bonds is 4. The van der Waals surface area contributed by atoms with Crippen molar-refractivity contribution in [3.05, 3.63) is 35.1 Å². The van der Waals surface area contributed by atoms with E-state index in [0.717, 1.165) is 12.8 Å². The van der Waals surface area contributed by atoms with E-state index in [9.17, 15) is 9.18 Å². The first-order valence-electron chi connectivity index (χ1n) is 5.76. The molecule has 1 saturated carbocycles. The highest BCUT2D eigenvalue weighted by atomic mass is 35.5. The summed E-state index contributed by atoms with van der Waals surface area (Å²) in [5.41, 5.74) is 1.25. The molecule has 1 aliphatic carbocycles. The molecule has 0 bridgehead atoms. The number of hydrogen-bond donors (Lipinski definition) is 0. The average Bonchev–Trinajstić information content (AvgIpc) is 3.09. The molecular formula is C13H15ClFNO. The fraction of sp³-hybridized carbons (Fsp3) is 0.462. The summed E-state index contributed by atoms with van der Waals surface area (Å²) in [7, 11) is 0. The molecule has 2 nitrogen and oxygen atoms in total. The van der Waals surface area contributed by atoms with Gasteiger partial charge in [-0.15, -0.1) is 11.6 Å². The van der Waals surface area contributed by atoms with Gasteiger partial charge in [0, 0.05) is 24.0 Å². The van der Waals surface area contributed by atoms with Gasteiger partial charge in [0.05, 0.1) is 0 Å². The minimum atomic E-state index is -0.311. The monoisotopic (exact) mass is 255 g/mol. The van der Waals surface area contributed by atoms with Crippen molar-refractivity contribution in [2.45, 2.75) is 25.8 Å². The Labute approximate surface area is 105 Å². The Kier molecular flexibility index (Phi) is 3.67. The van der Waals surface area contributed by atoms with Gasteiger partial charge in [-0.3, -0.25) is 4.79 Å². The number of halogens is 2. The van der Waals surface area contributed by atoms with E-state index in [1.165, 1.54) is 12.1 Å². The zero-order valence-electron chi connectivity index (χ0n) is 9.75. The first-order chi connectivity index (χ1) is 8.13. The van der Waals surface area contributed by atoms with Gasteiger partial charge < -0.3 is 4.90 Å². The van der Waals surface area contributed by atoms with Gasteiger partial charge in [-0.2, -0.15) is 0 Å². The van der Waals surface area contributed by atoms with E-state index < -0.39 is 0 Å². The molecule has 1 fully saturated rings. The first-order valence-corrected chi connectivity index (χ1v) is 6.30. The standard InChI is InChI=1S/C13H15ClFNO/c1-9-8-10(15)2-5-12(9)13(17)16(7-6-14)11-3-4-11/h2,5,8,11H,3-4,6-7H2,1H3. The molecule has 0 saturated heterocycles. The lowest BCUT2D eigenvalue weighted by Gasteiger charge is -2.22. The highest BCUT2D eigenvalue weighted by molar-refractivity contribution is 6.18. The number of nitrogens with zero attached hydrogens (tertiary/aromatic N) is 1. The van der Waals surface area contributed by atoms with Crippen molar-refractivity contribution in [2.24, 2.45) is 0 Å². The van der Waals surface area contributed by atoms with Crippen molar-refractivity contribution >= 4 is 17.5 Å². The maximum Gasteiger partial charge on any atom is 0.254 e. The van der Waals surface area contributed by atoms with Crippen LogP contribution in [0.15, 0.2) is 18.2 Å². The maximum absolute atomic E-state index is 13.0. The molecule has 0 spiro atoms. The van der Waals surface area contributed by atoms with Crippen LogP contribution in [0.3, 0.4) is 0 Å². The summed E-state index contributed by atoms with van der Waals surface area (Å²) < 4.78 is 13.0. The lowest BCUT2D eigenvalue weighted by Crippen LogP contribution is -2.35. The van der Waals surface area contributed by atoms with Crippen LogP contribution < -0.4 is 0 Å². The average molecular weight is 256 g/mol. The molecule has 17 heavy (non-hydrogen) atoms. The molecule has 0 heterocycles. The predicted octanol–water partition coefficient (Wildman–Crippen LogP) is 2.98. The third-order valence-electron chi connectivity index (χ3n) is 2.99. The van der Waals surface area contributed by atoms with E-state index >= 15 is 0 Å². The van der Waals surface area contributed by atoms with Crippen LogP contribution in [0.5, 0.6) is 0 Å². The lowest BCUT2D eigenvalue weighted by molar-refractivity contribution is 0.0753. The van der Waals surface area contributed by atoms with Crippen LogP contribution in [0, 0.1) is 12.7 Å². The number of hydrogen-bond acceptors (Lipinski definition) is 1. The van der Waals surface area contributed by atoms with Gasteiger partial charge in [0.25, 0.3) is 5.91 Å². The fourth-order valence-electron chi connectivity index (χ4n) is 1.95. The summed E-state index contributed by atoms with van der Waals surface area (Å²) in [5, 5.41) is 0. The summed E-state index contributed by atoms with van der Waals surface area (Å²) in [6.07, 6.45) is 2.09. The van der Waals surface area contributed by atoms with Gasteiger partial charge in [0.15, 0.2) is 0 Å². The smallest absolute Gasteiger partial charge is 0.254 e. The molecule has 1 aromatic carbocycles. The van der Waals surface area contributed by atoms with Gasteiger partial charge in [-0.25, -0.2) is 4.39 Å². The quantitative estimate of drug-likeness (QED) is 0.758. The summed E-state index contributed by atoms with van der Waals surface area (Å²) >= 11 is 5.71. The van der Waals surface area contributed by atoms with Gasteiger partial charge in [-0.1, -0.05) is 0 Å². The van der Waals surface area contributed by atoms with E-state index in [-0.39, 0.29) is 11.7 Å². The Morgan fingerprint density at radius 2 is 2.24 bits per heavy atom. The molecule has 0 N–H and O–H groups in total. The number of aryl methyl sites for hydroxylation is 1. The number of carbonyl (C=O) groups is 1. The Balaban J connectivity index is 2.22. The Bertz CT molecular complexity index is 431. The van der Waals surface area contributed by atoms with E-state index in [0.29, 0.717) is 29.6 Å². The summed E-state index contributed by atoms with van der Waals surface area (Å²) in [4.78, 5) is 14.1. The molecule has 1 aromatic rings. The van der Waals surface area contributed by atoms with E-state index in [1.807, 2.05) is 0 Å². The first kappa shape index (κ1) is 12.4. The molecule has 0 unspecified atom stereocenters. The minimum absolute atomic E-state index is 0.0364. The van der Waals surface area contributed by atoms with Gasteiger partial charge in [0.1, 0.15) is 5.82 Å². The molecule has 2 rings (SSSR count). The Hall–Kier alpha value is -1.09. The molecule has 0 radical (unpaired) electrons. The molecule has 4 heteroatoms. The van der Waals surface area contributed by atoms with E-state index in [2.05, 4.69) is 0 Å². The van der Waals surface area contributed by atoms with Crippen molar-refractivity contribution in [3.8, 4) is 0 Å². The third-order valence-corrected chi connectivity index (χ3v) is 3.16. The van der Waals surface area contributed by atoms with Crippen molar-refractivity contribution < 1.29 is 9.18 Å². The Morgan fingerprint density at radius 3 is 2.76 bits per heavy atom. The SMILES string of the molecule is Cc1cc(F)ccc1C(=O)N(CCCl)C1CC1.